The van der Waals surface area contributed by atoms with Crippen LogP contribution in [0.1, 0.15) is 22.2 Å². The van der Waals surface area contributed by atoms with E-state index in [2.05, 4.69) is 4.98 Å². The van der Waals surface area contributed by atoms with Crippen LogP contribution in [0.25, 0.3) is 0 Å². The highest BCUT2D eigenvalue weighted by molar-refractivity contribution is 5.77. The van der Waals surface area contributed by atoms with Crippen molar-refractivity contribution in [3.8, 4) is 5.75 Å². The lowest BCUT2D eigenvalue weighted by molar-refractivity contribution is 0.0902. The van der Waals surface area contributed by atoms with Crippen LogP contribution in [0, 0.1) is 0 Å². The van der Waals surface area contributed by atoms with Gasteiger partial charge in [0.05, 0.1) is 17.3 Å². The number of aromatic nitrogens is 1. The summed E-state index contributed by atoms with van der Waals surface area (Å²) >= 11 is 0. The van der Waals surface area contributed by atoms with Gasteiger partial charge in [0.1, 0.15) is 18.5 Å². The molecule has 2 rings (SSSR count). The van der Waals surface area contributed by atoms with E-state index in [0.29, 0.717) is 23.3 Å². The van der Waals surface area contributed by atoms with Crippen LogP contribution in [0.3, 0.4) is 0 Å². The summed E-state index contributed by atoms with van der Waals surface area (Å²) in [5.74, 6) is 0.510. The van der Waals surface area contributed by atoms with Crippen LogP contribution >= 0.6 is 0 Å². The zero-order chi connectivity index (χ0) is 9.42. The van der Waals surface area contributed by atoms with E-state index >= 15 is 0 Å². The Morgan fingerprint density at radius 1 is 1.77 bits per heavy atom. The van der Waals surface area contributed by atoms with E-state index in [1.807, 2.05) is 0 Å². The second-order valence-corrected chi connectivity index (χ2v) is 3.02. The number of carbonyl (C=O) groups excluding carboxylic acids is 1. The Bertz CT molecular complexity index is 334. The number of hydrogen-bond donors (Lipinski definition) is 3. The van der Waals surface area contributed by atoms with E-state index in [-0.39, 0.29) is 6.61 Å². The van der Waals surface area contributed by atoms with Gasteiger partial charge < -0.3 is 20.6 Å². The second kappa shape index (κ2) is 2.86. The van der Waals surface area contributed by atoms with Crippen molar-refractivity contribution in [1.82, 2.24) is 4.98 Å². The highest BCUT2D eigenvalue weighted by Crippen LogP contribution is 2.33. The van der Waals surface area contributed by atoms with Gasteiger partial charge in [-0.15, -0.1) is 0 Å². The molecular weight excluding hydrogens is 172 g/mol. The molecule has 13 heavy (non-hydrogen) atoms. The van der Waals surface area contributed by atoms with Crippen molar-refractivity contribution in [3.05, 3.63) is 17.5 Å². The third kappa shape index (κ3) is 1.13. The molecule has 1 aromatic heterocycles. The molecule has 0 saturated carbocycles. The van der Waals surface area contributed by atoms with Crippen LogP contribution in [0.5, 0.6) is 5.75 Å². The van der Waals surface area contributed by atoms with E-state index in [1.54, 1.807) is 6.20 Å². The third-order valence-corrected chi connectivity index (χ3v) is 2.16. The first-order valence-corrected chi connectivity index (χ1v) is 3.97. The van der Waals surface area contributed by atoms with Crippen molar-refractivity contribution in [2.75, 3.05) is 6.61 Å². The van der Waals surface area contributed by atoms with Crippen molar-refractivity contribution < 1.29 is 14.6 Å². The van der Waals surface area contributed by atoms with E-state index in [0.717, 1.165) is 0 Å². The van der Waals surface area contributed by atoms with Crippen LogP contribution in [-0.4, -0.2) is 29.0 Å². The summed E-state index contributed by atoms with van der Waals surface area (Å²) in [6.07, 6.45) is 1.37. The van der Waals surface area contributed by atoms with Gasteiger partial charge in [0.2, 0.25) is 0 Å². The fourth-order valence-electron chi connectivity index (χ4n) is 1.44. The predicted molar refractivity (Wildman–Crippen MR) is 44.6 cm³/mol. The Labute approximate surface area is 74.5 Å². The number of nitrogens with one attached hydrogen (secondary N) is 1. The first-order chi connectivity index (χ1) is 6.24. The van der Waals surface area contributed by atoms with Crippen LogP contribution < -0.4 is 10.5 Å². The van der Waals surface area contributed by atoms with Gasteiger partial charge in [-0.3, -0.25) is 4.79 Å². The maximum absolute atomic E-state index is 10.6. The van der Waals surface area contributed by atoms with Crippen molar-refractivity contribution in [1.29, 1.82) is 0 Å². The molecule has 5 nitrogen and oxygen atoms in total. The number of fused-ring (bicyclic) bond motifs is 1. The van der Waals surface area contributed by atoms with E-state index in [4.69, 9.17) is 10.5 Å². The number of aliphatic hydroxyl groups is 1. The number of rotatable bonds is 1. The van der Waals surface area contributed by atoms with Gasteiger partial charge in [0, 0.05) is 6.20 Å². The highest BCUT2D eigenvalue weighted by Gasteiger charge is 2.30. The Morgan fingerprint density at radius 2 is 2.54 bits per heavy atom. The number of aldehydes is 1. The SMILES string of the molecule is NC1COc2c[nH]c(C=O)c2C1O. The van der Waals surface area contributed by atoms with Gasteiger partial charge in [-0.2, -0.15) is 0 Å². The minimum Gasteiger partial charge on any atom is -0.490 e. The van der Waals surface area contributed by atoms with Gasteiger partial charge in [-0.25, -0.2) is 0 Å². The maximum atomic E-state index is 10.6. The number of aromatic amines is 1. The number of carbonyl (C=O) groups is 1. The molecule has 0 spiro atoms. The minimum absolute atomic E-state index is 0.268. The van der Waals surface area contributed by atoms with Crippen molar-refractivity contribution in [2.24, 2.45) is 5.73 Å². The zero-order valence-corrected chi connectivity index (χ0v) is 6.86. The van der Waals surface area contributed by atoms with Gasteiger partial charge in [0.15, 0.2) is 6.29 Å². The van der Waals surface area contributed by atoms with Crippen molar-refractivity contribution in [3.63, 3.8) is 0 Å². The standard InChI is InChI=1S/C8H10N2O3/c9-4-3-13-6-1-10-5(2-11)7(6)8(4)12/h1-2,4,8,10,12H,3,9H2. The Morgan fingerprint density at radius 3 is 3.23 bits per heavy atom. The second-order valence-electron chi connectivity index (χ2n) is 3.02. The highest BCUT2D eigenvalue weighted by atomic mass is 16.5. The molecule has 0 radical (unpaired) electrons. The molecule has 1 aromatic rings. The smallest absolute Gasteiger partial charge is 0.166 e. The molecule has 70 valence electrons. The monoisotopic (exact) mass is 182 g/mol. The number of ether oxygens (including phenoxy) is 1. The largest absolute Gasteiger partial charge is 0.490 e. The number of aliphatic hydroxyl groups excluding tert-OH is 1. The molecule has 2 unspecified atom stereocenters. The molecule has 2 heterocycles. The van der Waals surface area contributed by atoms with Gasteiger partial charge in [0.25, 0.3) is 0 Å². The summed E-state index contributed by atoms with van der Waals surface area (Å²) in [6.45, 7) is 0.268. The summed E-state index contributed by atoms with van der Waals surface area (Å²) in [5.41, 5.74) is 6.37. The molecule has 1 aliphatic rings. The Kier molecular flexibility index (Phi) is 1.82. The maximum Gasteiger partial charge on any atom is 0.166 e. The lowest BCUT2D eigenvalue weighted by Gasteiger charge is -2.25. The predicted octanol–water partition coefficient (Wildman–Crippen LogP) is -0.420. The summed E-state index contributed by atoms with van der Waals surface area (Å²) < 4.78 is 5.21. The lowest BCUT2D eigenvalue weighted by atomic mass is 10.0. The average molecular weight is 182 g/mol. The summed E-state index contributed by atoms with van der Waals surface area (Å²) in [7, 11) is 0. The molecule has 0 amide bonds. The summed E-state index contributed by atoms with van der Waals surface area (Å²) in [4.78, 5) is 13.3. The number of hydrogen-bond acceptors (Lipinski definition) is 4. The molecule has 4 N–H and O–H groups in total. The number of H-pyrrole nitrogens is 1. The van der Waals surface area contributed by atoms with Crippen LogP contribution in [0.4, 0.5) is 0 Å². The Balaban J connectivity index is 2.48. The molecule has 0 bridgehead atoms. The molecule has 5 heteroatoms. The van der Waals surface area contributed by atoms with Gasteiger partial charge >= 0.3 is 0 Å². The van der Waals surface area contributed by atoms with Gasteiger partial charge in [-0.05, 0) is 0 Å². The molecule has 0 fully saturated rings. The lowest BCUT2D eigenvalue weighted by Crippen LogP contribution is -2.38. The first kappa shape index (κ1) is 8.28. The first-order valence-electron chi connectivity index (χ1n) is 3.97. The normalized spacial score (nSPS) is 26.3. The van der Waals surface area contributed by atoms with E-state index in [1.165, 1.54) is 0 Å². The fraction of sp³-hybridized carbons (Fsp3) is 0.375. The van der Waals surface area contributed by atoms with Gasteiger partial charge in [-0.1, -0.05) is 0 Å². The summed E-state index contributed by atoms with van der Waals surface area (Å²) in [6, 6.07) is -0.470. The molecule has 2 atom stereocenters. The molecule has 0 aromatic carbocycles. The van der Waals surface area contributed by atoms with E-state index in [9.17, 15) is 9.90 Å². The molecular formula is C8H10N2O3. The van der Waals surface area contributed by atoms with Crippen molar-refractivity contribution in [2.45, 2.75) is 12.1 Å². The van der Waals surface area contributed by atoms with Crippen molar-refractivity contribution >= 4 is 6.29 Å². The Hall–Kier alpha value is -1.33. The average Bonchev–Trinajstić information content (AvgIpc) is 2.55. The van der Waals surface area contributed by atoms with Crippen LogP contribution in [0.15, 0.2) is 6.20 Å². The molecule has 0 aliphatic carbocycles. The third-order valence-electron chi connectivity index (χ3n) is 2.16. The summed E-state index contributed by atoms with van der Waals surface area (Å²) in [5, 5.41) is 9.65. The minimum atomic E-state index is -0.824. The van der Waals surface area contributed by atoms with Crippen LogP contribution in [0.2, 0.25) is 0 Å². The van der Waals surface area contributed by atoms with E-state index < -0.39 is 12.1 Å². The topological polar surface area (TPSA) is 88.3 Å². The number of nitrogens with two attached hydrogens (primary N) is 1. The van der Waals surface area contributed by atoms with Crippen LogP contribution in [-0.2, 0) is 0 Å². The zero-order valence-electron chi connectivity index (χ0n) is 6.86. The molecule has 0 saturated heterocycles. The quantitative estimate of drug-likeness (QED) is 0.515. The fourth-order valence-corrected chi connectivity index (χ4v) is 1.44. The molecule has 1 aliphatic heterocycles.